The van der Waals surface area contributed by atoms with Gasteiger partial charge in [-0.15, -0.1) is 0 Å². The maximum absolute atomic E-state index is 13.1. The van der Waals surface area contributed by atoms with Gasteiger partial charge in [0.2, 0.25) is 5.91 Å². The molecule has 5 rings (SSSR count). The van der Waals surface area contributed by atoms with Crippen molar-refractivity contribution in [1.82, 2.24) is 24.7 Å². The number of nitrogens with one attached hydrogen (secondary N) is 1. The number of methoxy groups -OCH3 is 1. The molecule has 1 atom stereocenters. The minimum absolute atomic E-state index is 0.187. The number of benzene rings is 1. The van der Waals surface area contributed by atoms with Crippen molar-refractivity contribution in [1.29, 1.82) is 0 Å². The maximum Gasteiger partial charge on any atom is 0.255 e. The average molecular weight is 490 g/mol. The molecule has 0 radical (unpaired) electrons. The first-order chi connectivity index (χ1) is 17.4. The van der Waals surface area contributed by atoms with E-state index in [0.717, 1.165) is 53.8 Å². The summed E-state index contributed by atoms with van der Waals surface area (Å²) in [6, 6.07) is 9.30. The molecular weight excluding hydrogens is 458 g/mol. The first-order valence-electron chi connectivity index (χ1n) is 12.2. The number of likely N-dealkylation sites (tertiary alicyclic amines) is 1. The predicted octanol–water partition coefficient (Wildman–Crippen LogP) is 2.12. The topological polar surface area (TPSA) is 96.8 Å². The molecule has 188 valence electrons. The lowest BCUT2D eigenvalue weighted by molar-refractivity contribution is -0.125. The second-order valence-electron chi connectivity index (χ2n) is 9.56. The van der Waals surface area contributed by atoms with Gasteiger partial charge in [0, 0.05) is 76.5 Å². The molecule has 0 spiro atoms. The molecule has 2 amide bonds. The van der Waals surface area contributed by atoms with Crippen LogP contribution in [0.4, 0.5) is 0 Å². The number of fused-ring (bicyclic) bond motifs is 2. The molecule has 0 saturated carbocycles. The second kappa shape index (κ2) is 9.83. The fraction of sp³-hybridized carbons (Fsp3) is 0.407. The summed E-state index contributed by atoms with van der Waals surface area (Å²) in [5.74, 6) is -0.450. The third-order valence-electron chi connectivity index (χ3n) is 7.29. The fourth-order valence-corrected chi connectivity index (χ4v) is 5.20. The van der Waals surface area contributed by atoms with E-state index in [0.29, 0.717) is 24.6 Å². The number of carbonyl (C=O) groups excluding carboxylic acids is 3. The van der Waals surface area contributed by atoms with E-state index in [1.165, 1.54) is 5.56 Å². The van der Waals surface area contributed by atoms with Crippen LogP contribution < -0.4 is 5.32 Å². The van der Waals surface area contributed by atoms with E-state index < -0.39 is 6.04 Å². The molecule has 36 heavy (non-hydrogen) atoms. The number of hydrogen-bond donors (Lipinski definition) is 1. The average Bonchev–Trinajstić information content (AvgIpc) is 3.40. The Bertz CT molecular complexity index is 1330. The van der Waals surface area contributed by atoms with Crippen LogP contribution in [0.2, 0.25) is 0 Å². The highest BCUT2D eigenvalue weighted by atomic mass is 16.5. The van der Waals surface area contributed by atoms with Gasteiger partial charge in [-0.2, -0.15) is 0 Å². The molecule has 1 aromatic carbocycles. The van der Waals surface area contributed by atoms with Gasteiger partial charge in [-0.05, 0) is 41.8 Å². The van der Waals surface area contributed by atoms with Crippen molar-refractivity contribution >= 4 is 29.1 Å². The molecule has 0 aliphatic carbocycles. The Morgan fingerprint density at radius 3 is 2.81 bits per heavy atom. The molecule has 3 aromatic rings. The largest absolute Gasteiger partial charge is 0.379 e. The number of rotatable bonds is 9. The van der Waals surface area contributed by atoms with Crippen LogP contribution in [-0.4, -0.2) is 76.8 Å². The minimum atomic E-state index is -0.680. The lowest BCUT2D eigenvalue weighted by Gasteiger charge is -2.38. The Balaban J connectivity index is 1.46. The number of hydrogen-bond acceptors (Lipinski definition) is 6. The van der Waals surface area contributed by atoms with Crippen molar-refractivity contribution < 1.29 is 19.1 Å². The van der Waals surface area contributed by atoms with Gasteiger partial charge in [0.25, 0.3) is 5.91 Å². The van der Waals surface area contributed by atoms with Crippen LogP contribution in [0.5, 0.6) is 0 Å². The number of amides is 2. The zero-order valence-electron chi connectivity index (χ0n) is 20.9. The van der Waals surface area contributed by atoms with Crippen molar-refractivity contribution in [2.75, 3.05) is 27.2 Å². The molecule has 9 heteroatoms. The van der Waals surface area contributed by atoms with E-state index in [-0.39, 0.29) is 18.2 Å². The highest BCUT2D eigenvalue weighted by Gasteiger charge is 2.36. The molecular formula is C27H31N5O4. The van der Waals surface area contributed by atoms with E-state index in [2.05, 4.69) is 22.3 Å². The van der Waals surface area contributed by atoms with Crippen LogP contribution in [0.25, 0.3) is 22.3 Å². The van der Waals surface area contributed by atoms with Gasteiger partial charge in [-0.25, -0.2) is 4.98 Å². The molecule has 1 N–H and O–H groups in total. The Morgan fingerprint density at radius 2 is 2.08 bits per heavy atom. The van der Waals surface area contributed by atoms with E-state index in [4.69, 9.17) is 9.72 Å². The molecule has 0 bridgehead atoms. The number of nitrogens with zero attached hydrogens (tertiary/aromatic N) is 4. The zero-order valence-corrected chi connectivity index (χ0v) is 20.9. The number of aromatic nitrogens is 2. The summed E-state index contributed by atoms with van der Waals surface area (Å²) in [7, 11) is 5.28. The summed E-state index contributed by atoms with van der Waals surface area (Å²) in [5.41, 5.74) is 5.34. The molecule has 9 nitrogen and oxygen atoms in total. The molecule has 1 fully saturated rings. The van der Waals surface area contributed by atoms with Crippen molar-refractivity contribution in [2.45, 2.75) is 38.1 Å². The summed E-state index contributed by atoms with van der Waals surface area (Å²) in [6.07, 6.45) is 3.61. The van der Waals surface area contributed by atoms with Gasteiger partial charge in [-0.1, -0.05) is 6.07 Å². The van der Waals surface area contributed by atoms with Crippen molar-refractivity contribution in [2.24, 2.45) is 7.05 Å². The molecule has 2 aromatic heterocycles. The standard InChI is InChI=1S/C27H31N5O4/c1-28-26(34)24(5-4-10-33)32-14-18-11-17(6-7-22(18)27(32)35)23-12-19(13-31-15-20(16-31)36-3)21-8-9-30(2)25(21)29-23/h6-12,20,24H,4-5,13-16H2,1-3H3,(H,28,34). The summed E-state index contributed by atoms with van der Waals surface area (Å²) in [5, 5.41) is 3.75. The van der Waals surface area contributed by atoms with Crippen LogP contribution in [0, 0.1) is 0 Å². The highest BCUT2D eigenvalue weighted by Crippen LogP contribution is 2.32. The lowest BCUT2D eigenvalue weighted by Crippen LogP contribution is -2.50. The number of aryl methyl sites for hydroxylation is 1. The Hall–Kier alpha value is -3.56. The molecule has 2 aliphatic rings. The third-order valence-corrected chi connectivity index (χ3v) is 7.29. The predicted molar refractivity (Wildman–Crippen MR) is 135 cm³/mol. The Morgan fingerprint density at radius 1 is 1.28 bits per heavy atom. The van der Waals surface area contributed by atoms with E-state index in [1.807, 2.05) is 36.0 Å². The summed E-state index contributed by atoms with van der Waals surface area (Å²) in [4.78, 5) is 45.4. The third kappa shape index (κ3) is 4.29. The van der Waals surface area contributed by atoms with Gasteiger partial charge >= 0.3 is 0 Å². The monoisotopic (exact) mass is 489 g/mol. The van der Waals surface area contributed by atoms with Crippen LogP contribution in [0.1, 0.15) is 34.3 Å². The lowest BCUT2D eigenvalue weighted by atomic mass is 10.0. The van der Waals surface area contributed by atoms with Gasteiger partial charge < -0.3 is 24.3 Å². The highest BCUT2D eigenvalue weighted by molar-refractivity contribution is 6.01. The smallest absolute Gasteiger partial charge is 0.255 e. The summed E-state index contributed by atoms with van der Waals surface area (Å²) < 4.78 is 7.45. The van der Waals surface area contributed by atoms with Crippen LogP contribution in [0.3, 0.4) is 0 Å². The zero-order chi connectivity index (χ0) is 25.4. The Labute approximate surface area is 210 Å². The summed E-state index contributed by atoms with van der Waals surface area (Å²) in [6.45, 7) is 2.97. The van der Waals surface area contributed by atoms with Crippen LogP contribution >= 0.6 is 0 Å². The van der Waals surface area contributed by atoms with E-state index >= 15 is 0 Å². The number of carbonyl (C=O) groups is 3. The molecule has 2 aliphatic heterocycles. The number of aldehydes is 1. The first-order valence-corrected chi connectivity index (χ1v) is 12.2. The molecule has 1 unspecified atom stereocenters. The Kier molecular flexibility index (Phi) is 6.59. The number of pyridine rings is 1. The van der Waals surface area contributed by atoms with Crippen molar-refractivity contribution in [3.05, 3.63) is 53.2 Å². The molecule has 1 saturated heterocycles. The SMILES string of the molecule is CNC(=O)C(CCC=O)N1Cc2cc(-c3cc(CN4CC(OC)C4)c4ccn(C)c4n3)ccc2C1=O. The van der Waals surface area contributed by atoms with Gasteiger partial charge in [0.15, 0.2) is 0 Å². The van der Waals surface area contributed by atoms with E-state index in [9.17, 15) is 14.4 Å². The minimum Gasteiger partial charge on any atom is -0.379 e. The van der Waals surface area contributed by atoms with Gasteiger partial charge in [0.1, 0.15) is 18.0 Å². The van der Waals surface area contributed by atoms with E-state index in [1.54, 1.807) is 19.1 Å². The fourth-order valence-electron chi connectivity index (χ4n) is 5.20. The van der Waals surface area contributed by atoms with Crippen molar-refractivity contribution in [3.63, 3.8) is 0 Å². The molecule has 4 heterocycles. The maximum atomic E-state index is 13.1. The number of ether oxygens (including phenoxy) is 1. The van der Waals surface area contributed by atoms with Crippen molar-refractivity contribution in [3.8, 4) is 11.3 Å². The summed E-state index contributed by atoms with van der Waals surface area (Å²) >= 11 is 0. The van der Waals surface area contributed by atoms with Crippen LogP contribution in [0.15, 0.2) is 36.5 Å². The normalized spacial score (nSPS) is 16.8. The quantitative estimate of drug-likeness (QED) is 0.463. The van der Waals surface area contributed by atoms with Crippen LogP contribution in [-0.2, 0) is 34.5 Å². The second-order valence-corrected chi connectivity index (χ2v) is 9.56. The van der Waals surface area contributed by atoms with Gasteiger partial charge in [0.05, 0.1) is 11.8 Å². The van der Waals surface area contributed by atoms with Gasteiger partial charge in [-0.3, -0.25) is 14.5 Å². The first kappa shape index (κ1) is 24.1. The number of likely N-dealkylation sites (N-methyl/N-ethyl adjacent to an activating group) is 1.